The van der Waals surface area contributed by atoms with Gasteiger partial charge in [-0.1, -0.05) is 12.1 Å². The Balaban J connectivity index is 0.000000213. The van der Waals surface area contributed by atoms with E-state index in [4.69, 9.17) is 10.5 Å². The summed E-state index contributed by atoms with van der Waals surface area (Å²) >= 11 is 4.58. The number of thiocarbonyl (C=S) groups is 1. The lowest BCUT2D eigenvalue weighted by Crippen LogP contribution is -2.40. The number of nitrogens with zero attached hydrogens (tertiary/aromatic N) is 3. The predicted octanol–water partition coefficient (Wildman–Crippen LogP) is 3.18. The van der Waals surface area contributed by atoms with Crippen LogP contribution in [0.4, 0.5) is 15.8 Å². The zero-order valence-corrected chi connectivity index (χ0v) is 25.8. The van der Waals surface area contributed by atoms with E-state index in [2.05, 4.69) is 33.4 Å². The molecule has 6 N–H and O–H groups in total. The van der Waals surface area contributed by atoms with Crippen LogP contribution in [0.1, 0.15) is 54.6 Å². The van der Waals surface area contributed by atoms with Crippen LogP contribution in [0.3, 0.4) is 0 Å². The van der Waals surface area contributed by atoms with E-state index in [1.165, 1.54) is 26.3 Å². The van der Waals surface area contributed by atoms with E-state index in [1.807, 2.05) is 17.0 Å². The number of pyridine rings is 1. The molecule has 0 bridgehead atoms. The van der Waals surface area contributed by atoms with Crippen molar-refractivity contribution in [2.24, 2.45) is 16.8 Å². The normalized spacial score (nSPS) is 19.0. The second kappa shape index (κ2) is 13.6. The Hall–Kier alpha value is -4.56. The second-order valence-electron chi connectivity index (χ2n) is 11.4. The molecule has 2 saturated heterocycles. The number of ether oxygens (including phenoxy) is 1. The molecule has 3 heterocycles. The van der Waals surface area contributed by atoms with Crippen molar-refractivity contribution >= 4 is 57.7 Å². The summed E-state index contributed by atoms with van der Waals surface area (Å²) in [6.45, 7) is 3.86. The van der Waals surface area contributed by atoms with Crippen LogP contribution in [0.2, 0.25) is 0 Å². The maximum Gasteiger partial charge on any atom is 0.341 e. The number of hydrazone groups is 1. The second-order valence-corrected chi connectivity index (χ2v) is 11.8. The molecule has 3 aliphatic rings. The minimum atomic E-state index is -1.30. The Kier molecular flexibility index (Phi) is 9.63. The van der Waals surface area contributed by atoms with Crippen LogP contribution >= 0.6 is 12.2 Å². The van der Waals surface area contributed by atoms with E-state index in [1.54, 1.807) is 22.9 Å². The number of nitrogens with two attached hydrogens (primary N) is 1. The number of aromatic nitrogens is 1. The molecule has 238 valence electrons. The van der Waals surface area contributed by atoms with Crippen LogP contribution < -0.4 is 36.9 Å². The van der Waals surface area contributed by atoms with Gasteiger partial charge in [-0.25, -0.2) is 9.18 Å². The van der Waals surface area contributed by atoms with Gasteiger partial charge < -0.3 is 35.7 Å². The number of amides is 1. The zero-order chi connectivity index (χ0) is 32.2. The molecule has 1 aromatic heterocycles. The highest BCUT2D eigenvalue weighted by atomic mass is 32.1. The van der Waals surface area contributed by atoms with E-state index in [0.29, 0.717) is 35.5 Å². The van der Waals surface area contributed by atoms with Crippen molar-refractivity contribution in [3.63, 3.8) is 0 Å². The third-order valence-electron chi connectivity index (χ3n) is 8.11. The molecule has 1 amide bonds. The standard InChI is InChI=1S/C21H24FN3O4.C10H12N4OS/c1-29-20-17-13(19(26)14(21(27)28)9-25(17)12-4-5-12)7-15(22)18(20)24-8-11-3-2-6-23-16(11)10-24;1-7(15)13-9-4-2-8(3-5-9)6-12-14-10(11)16/h7,9,11-12,16,23H,2-6,8,10H2,1H3,(H,27,28);2-6H,1H3,(H,13,15)(H3,11,14,16)/b;12-6+/t11-,16+;/m0./s1. The van der Waals surface area contributed by atoms with E-state index < -0.39 is 17.2 Å². The van der Waals surface area contributed by atoms with E-state index in [0.717, 1.165) is 50.0 Å². The average molecular weight is 638 g/mol. The predicted molar refractivity (Wildman–Crippen MR) is 175 cm³/mol. The molecule has 2 atom stereocenters. The number of halogens is 1. The maximum absolute atomic E-state index is 15.3. The first kappa shape index (κ1) is 31.9. The van der Waals surface area contributed by atoms with Crippen LogP contribution in [0, 0.1) is 11.7 Å². The van der Waals surface area contributed by atoms with Gasteiger partial charge in [-0.05, 0) is 74.1 Å². The first-order valence-corrected chi connectivity index (χ1v) is 15.1. The topological polar surface area (TPSA) is 163 Å². The first-order chi connectivity index (χ1) is 21.6. The third-order valence-corrected chi connectivity index (χ3v) is 8.20. The van der Waals surface area contributed by atoms with Crippen LogP contribution in [-0.2, 0) is 4.79 Å². The van der Waals surface area contributed by atoms with Gasteiger partial charge in [-0.15, -0.1) is 0 Å². The first-order valence-electron chi connectivity index (χ1n) is 14.7. The Morgan fingerprint density at radius 3 is 2.56 bits per heavy atom. The lowest BCUT2D eigenvalue weighted by atomic mass is 9.94. The van der Waals surface area contributed by atoms with E-state index in [9.17, 15) is 19.5 Å². The molecule has 3 fully saturated rings. The molecular formula is C31H36FN7O5S. The zero-order valence-electron chi connectivity index (χ0n) is 25.0. The third kappa shape index (κ3) is 7.23. The summed E-state index contributed by atoms with van der Waals surface area (Å²) in [6, 6.07) is 8.81. The highest BCUT2D eigenvalue weighted by Gasteiger charge is 2.38. The molecule has 45 heavy (non-hydrogen) atoms. The molecule has 12 nitrogen and oxygen atoms in total. The van der Waals surface area contributed by atoms with Crippen LogP contribution in [0.5, 0.6) is 5.75 Å². The number of aromatic carboxylic acids is 1. The molecule has 14 heteroatoms. The highest BCUT2D eigenvalue weighted by molar-refractivity contribution is 7.80. The molecule has 0 radical (unpaired) electrons. The number of fused-ring (bicyclic) bond motifs is 2. The number of hydrogen-bond acceptors (Lipinski definition) is 8. The minimum absolute atomic E-state index is 0.0599. The van der Waals surface area contributed by atoms with Gasteiger partial charge in [0.25, 0.3) is 0 Å². The fourth-order valence-electron chi connectivity index (χ4n) is 5.98. The van der Waals surface area contributed by atoms with Crippen molar-refractivity contribution in [2.45, 2.75) is 44.7 Å². The van der Waals surface area contributed by atoms with Crippen molar-refractivity contribution in [1.29, 1.82) is 0 Å². The average Bonchev–Trinajstić information content (AvgIpc) is 3.75. The summed E-state index contributed by atoms with van der Waals surface area (Å²) in [4.78, 5) is 37.1. The highest BCUT2D eigenvalue weighted by Crippen LogP contribution is 2.45. The number of nitrogens with one attached hydrogen (secondary N) is 3. The Labute approximate surface area is 264 Å². The molecule has 2 aromatic carbocycles. The van der Waals surface area contributed by atoms with Gasteiger partial charge in [0.1, 0.15) is 11.3 Å². The number of rotatable bonds is 7. The summed E-state index contributed by atoms with van der Waals surface area (Å²) in [5.74, 6) is -1.17. The quantitative estimate of drug-likeness (QED) is 0.148. The SMILES string of the molecule is CC(=O)Nc1ccc(/C=N/NC(N)=S)cc1.COc1c(N2C[C@@H]3CCCN[C@@H]3C2)c(F)cc2c(=O)c(C(=O)O)cn(C3CC3)c12. The van der Waals surface area contributed by atoms with Crippen molar-refractivity contribution in [2.75, 3.05) is 37.0 Å². The molecule has 0 spiro atoms. The molecule has 6 rings (SSSR count). The van der Waals surface area contributed by atoms with Crippen molar-refractivity contribution in [3.05, 3.63) is 63.7 Å². The Morgan fingerprint density at radius 2 is 1.96 bits per heavy atom. The van der Waals surface area contributed by atoms with Crippen LogP contribution in [-0.4, -0.2) is 65.7 Å². The molecule has 1 saturated carbocycles. The van der Waals surface area contributed by atoms with Gasteiger partial charge in [0, 0.05) is 44.0 Å². The smallest absolute Gasteiger partial charge is 0.341 e. The monoisotopic (exact) mass is 637 g/mol. The number of methoxy groups -OCH3 is 1. The van der Waals surface area contributed by atoms with E-state index in [-0.39, 0.29) is 28.0 Å². The number of carbonyl (C=O) groups is 2. The van der Waals surface area contributed by atoms with E-state index >= 15 is 4.39 Å². The van der Waals surface area contributed by atoms with Gasteiger partial charge in [0.2, 0.25) is 11.3 Å². The fraction of sp³-hybridized carbons (Fsp3) is 0.387. The van der Waals surface area contributed by atoms with Gasteiger partial charge in [0.05, 0.1) is 24.2 Å². The summed E-state index contributed by atoms with van der Waals surface area (Å²) in [7, 11) is 1.48. The number of hydrogen-bond donors (Lipinski definition) is 5. The minimum Gasteiger partial charge on any atom is -0.492 e. The number of carbonyl (C=O) groups excluding carboxylic acids is 1. The number of carboxylic acid groups (broad SMARTS) is 1. The largest absolute Gasteiger partial charge is 0.492 e. The molecular weight excluding hydrogens is 601 g/mol. The van der Waals surface area contributed by atoms with Crippen LogP contribution in [0.25, 0.3) is 10.9 Å². The van der Waals surface area contributed by atoms with Crippen LogP contribution in [0.15, 0.2) is 46.4 Å². The summed E-state index contributed by atoms with van der Waals surface area (Å²) < 4.78 is 22.8. The van der Waals surface area contributed by atoms with Crippen molar-refractivity contribution in [3.8, 4) is 5.75 Å². The number of benzene rings is 2. The van der Waals surface area contributed by atoms with Crippen molar-refractivity contribution in [1.82, 2.24) is 15.3 Å². The van der Waals surface area contributed by atoms with Gasteiger partial charge in [-0.2, -0.15) is 5.10 Å². The Morgan fingerprint density at radius 1 is 1.22 bits per heavy atom. The molecule has 0 unspecified atom stereocenters. The summed E-state index contributed by atoms with van der Waals surface area (Å²) in [6.07, 6.45) is 6.98. The number of carboxylic acids is 1. The molecule has 3 aromatic rings. The Bertz CT molecular complexity index is 1690. The molecule has 1 aliphatic carbocycles. The summed E-state index contributed by atoms with van der Waals surface area (Å²) in [5.41, 5.74) is 9.10. The van der Waals surface area contributed by atoms with Gasteiger partial charge >= 0.3 is 5.97 Å². The lowest BCUT2D eigenvalue weighted by Gasteiger charge is -2.25. The summed E-state index contributed by atoms with van der Waals surface area (Å²) in [5, 5.41) is 19.6. The number of piperidine rings is 1. The lowest BCUT2D eigenvalue weighted by molar-refractivity contribution is -0.114. The van der Waals surface area contributed by atoms with Crippen molar-refractivity contribution < 1.29 is 23.8 Å². The van der Waals surface area contributed by atoms with Gasteiger partial charge in [0.15, 0.2) is 16.7 Å². The number of anilines is 2. The molecule has 2 aliphatic heterocycles. The fourth-order valence-corrected chi connectivity index (χ4v) is 6.03. The maximum atomic E-state index is 15.3. The van der Waals surface area contributed by atoms with Gasteiger partial charge in [-0.3, -0.25) is 15.0 Å².